The molecule has 0 aliphatic heterocycles. The molecule has 0 fully saturated rings. The van der Waals surface area contributed by atoms with Crippen LogP contribution < -0.4 is 12.4 Å². The maximum atomic E-state index is 5.81. The predicted octanol–water partition coefficient (Wildman–Crippen LogP) is 1.32. The number of rotatable bonds is 0. The van der Waals surface area contributed by atoms with Gasteiger partial charge in [0.1, 0.15) is 0 Å². The molecule has 0 aromatic heterocycles. The van der Waals surface area contributed by atoms with Crippen molar-refractivity contribution >= 4 is 41.3 Å². The van der Waals surface area contributed by atoms with Crippen LogP contribution in [0.2, 0.25) is 10.0 Å². The van der Waals surface area contributed by atoms with Gasteiger partial charge in [-0.2, -0.15) is 0 Å². The molecule has 0 unspecified atom stereocenters. The summed E-state index contributed by atoms with van der Waals surface area (Å²) in [6, 6.07) is 3.55. The van der Waals surface area contributed by atoms with Gasteiger partial charge < -0.3 is 12.4 Å². The molecule has 0 amide bonds. The molecule has 13 heavy (non-hydrogen) atoms. The zero-order valence-corrected chi connectivity index (χ0v) is 9.81. The number of hydrogen-bond donors (Lipinski definition) is 0. The van der Waals surface area contributed by atoms with Gasteiger partial charge in [0.2, 0.25) is 0 Å². The van der Waals surface area contributed by atoms with Gasteiger partial charge in [-0.25, -0.2) is 0 Å². The molecule has 0 heterocycles. The van der Waals surface area contributed by atoms with Gasteiger partial charge in [-0.05, 0) is 23.4 Å². The maximum absolute atomic E-state index is 5.81. The predicted molar refractivity (Wildman–Crippen MR) is 56.4 cm³/mol. The van der Waals surface area contributed by atoms with Crippen molar-refractivity contribution in [1.82, 2.24) is 0 Å². The zero-order valence-electron chi connectivity index (χ0n) is 6.72. The fraction of sp³-hybridized carbons (Fsp3) is 0.125. The smallest absolute Gasteiger partial charge is 0.359 e. The van der Waals surface area contributed by atoms with Crippen molar-refractivity contribution in [2.75, 3.05) is 0 Å². The Hall–Kier alpha value is -0.130. The highest BCUT2D eigenvalue weighted by atomic mass is 35.5. The van der Waals surface area contributed by atoms with Crippen LogP contribution in [0.25, 0.3) is 4.85 Å². The molecule has 0 spiro atoms. The first kappa shape index (κ1) is 15.3. The Morgan fingerprint density at radius 3 is 2.23 bits per heavy atom. The molecule has 0 bridgehead atoms. The summed E-state index contributed by atoms with van der Waals surface area (Å²) in [5, 5.41) is 0.924. The molecule has 1 rings (SSSR count). The highest BCUT2D eigenvalue weighted by molar-refractivity contribution is 6.44. The molecule has 72 valence electrons. The van der Waals surface area contributed by atoms with E-state index in [9.17, 15) is 0 Å². The van der Waals surface area contributed by atoms with Crippen LogP contribution in [-0.2, 0) is 0 Å². The topological polar surface area (TPSA) is 4.36 Å². The molecule has 0 N–H and O–H groups in total. The Morgan fingerprint density at radius 1 is 1.23 bits per heavy atom. The van der Waals surface area contributed by atoms with E-state index in [1.54, 1.807) is 6.07 Å². The molecule has 0 radical (unpaired) electrons. The van der Waals surface area contributed by atoms with Gasteiger partial charge in [-0.1, -0.05) is 23.2 Å². The lowest BCUT2D eigenvalue weighted by atomic mass is 10.2. The third-order valence-electron chi connectivity index (χ3n) is 1.39. The molecule has 0 atom stereocenters. The minimum Gasteiger partial charge on any atom is -1.00 e. The molecule has 5 heteroatoms. The van der Waals surface area contributed by atoms with Crippen LogP contribution in [0.15, 0.2) is 12.1 Å². The van der Waals surface area contributed by atoms with E-state index < -0.39 is 0 Å². The quantitative estimate of drug-likeness (QED) is 0.661. The minimum absolute atomic E-state index is 0. The molecule has 0 aliphatic carbocycles. The second-order valence-corrected chi connectivity index (χ2v) is 2.91. The number of benzene rings is 1. The molecule has 0 saturated heterocycles. The number of aryl methyl sites for hydroxylation is 1. The van der Waals surface area contributed by atoms with Gasteiger partial charge in [-0.3, -0.25) is 0 Å². The first-order valence-corrected chi connectivity index (χ1v) is 3.78. The van der Waals surface area contributed by atoms with Crippen molar-refractivity contribution in [3.8, 4) is 6.57 Å². The number of hydrogen-bond acceptors (Lipinski definition) is 0. The lowest BCUT2D eigenvalue weighted by molar-refractivity contribution is -0.00000226. The fourth-order valence-electron chi connectivity index (χ4n) is 0.736. The van der Waals surface area contributed by atoms with Crippen molar-refractivity contribution in [2.24, 2.45) is 0 Å². The van der Waals surface area contributed by atoms with E-state index >= 15 is 0 Å². The summed E-state index contributed by atoms with van der Waals surface area (Å²) in [7, 11) is 0. The average Bonchev–Trinajstić information content (AvgIpc) is 2.01. The van der Waals surface area contributed by atoms with Gasteiger partial charge in [0.15, 0.2) is 5.02 Å². The van der Waals surface area contributed by atoms with Crippen LogP contribution >= 0.6 is 35.6 Å². The zero-order chi connectivity index (χ0) is 8.43. The highest BCUT2D eigenvalue weighted by Gasteiger charge is 2.13. The molecule has 1 aromatic carbocycles. The lowest BCUT2D eigenvalue weighted by Gasteiger charge is -1.95. The summed E-state index contributed by atoms with van der Waals surface area (Å²) in [6.45, 7) is 6.92. The first-order valence-electron chi connectivity index (χ1n) is 3.02. The van der Waals surface area contributed by atoms with E-state index in [1.807, 2.05) is 13.0 Å². The van der Waals surface area contributed by atoms with Crippen molar-refractivity contribution < 1.29 is 12.4 Å². The summed E-state index contributed by atoms with van der Waals surface area (Å²) >= 11 is 11.6. The second kappa shape index (κ2) is 6.34. The third kappa shape index (κ3) is 3.25. The first-order chi connectivity index (χ1) is 5.16. The highest BCUT2D eigenvalue weighted by Crippen LogP contribution is 2.34. The number of halogens is 4. The molecule has 1 nitrogen and oxygen atoms in total. The van der Waals surface area contributed by atoms with E-state index in [0.717, 1.165) is 5.56 Å². The Kier molecular flexibility index (Phi) is 7.49. The van der Waals surface area contributed by atoms with Crippen LogP contribution in [0.1, 0.15) is 5.56 Å². The van der Waals surface area contributed by atoms with E-state index in [2.05, 4.69) is 4.85 Å². The Balaban J connectivity index is 0. The van der Waals surface area contributed by atoms with Gasteiger partial charge in [0, 0.05) is 6.07 Å². The largest absolute Gasteiger partial charge is 1.00 e. The lowest BCUT2D eigenvalue weighted by Crippen LogP contribution is -3.00. The summed E-state index contributed by atoms with van der Waals surface area (Å²) in [4.78, 5) is 3.46. The van der Waals surface area contributed by atoms with Crippen LogP contribution in [0.5, 0.6) is 0 Å². The van der Waals surface area contributed by atoms with Crippen molar-refractivity contribution in [2.45, 2.75) is 6.92 Å². The summed E-state index contributed by atoms with van der Waals surface area (Å²) in [5.74, 6) is 0. The fourth-order valence-corrected chi connectivity index (χ4v) is 1.16. The Morgan fingerprint density at radius 2 is 1.77 bits per heavy atom. The standard InChI is InChI=1S/C8H6Cl2N.2ClH/c1-5-3-4-6(11-2)8(10)7(5)9;;/h2-4H,1H3;2*1H/q+1;;/p-1. The normalized spacial score (nSPS) is 7.85. The van der Waals surface area contributed by atoms with E-state index in [0.29, 0.717) is 15.7 Å². The van der Waals surface area contributed by atoms with E-state index in [-0.39, 0.29) is 24.8 Å². The average molecular weight is 259 g/mol. The Bertz CT molecular complexity index is 330. The summed E-state index contributed by atoms with van der Waals surface area (Å²) < 4.78 is 0. The molecular formula is C8H7Cl4N. The molecule has 0 saturated carbocycles. The van der Waals surface area contributed by atoms with E-state index in [1.165, 1.54) is 0 Å². The van der Waals surface area contributed by atoms with Crippen molar-refractivity contribution in [1.29, 1.82) is 0 Å². The maximum Gasteiger partial charge on any atom is 0.359 e. The van der Waals surface area contributed by atoms with Crippen LogP contribution in [0, 0.1) is 13.5 Å². The molecular weight excluding hydrogens is 252 g/mol. The van der Waals surface area contributed by atoms with Crippen molar-refractivity contribution in [3.05, 3.63) is 32.6 Å². The summed E-state index contributed by atoms with van der Waals surface area (Å²) in [6.07, 6.45) is 0. The Labute approximate surface area is 99.7 Å². The van der Waals surface area contributed by atoms with Crippen LogP contribution in [0.4, 0.5) is 5.69 Å². The van der Waals surface area contributed by atoms with Gasteiger partial charge >= 0.3 is 5.69 Å². The monoisotopic (exact) mass is 257 g/mol. The van der Waals surface area contributed by atoms with Gasteiger partial charge in [-0.15, -0.1) is 12.4 Å². The van der Waals surface area contributed by atoms with E-state index in [4.69, 9.17) is 29.8 Å². The minimum atomic E-state index is 0. The van der Waals surface area contributed by atoms with Crippen LogP contribution in [-0.4, -0.2) is 0 Å². The SMILES string of the molecule is C#[N+]c1ccc(C)c(Cl)c1Cl.Cl.[Cl-]. The summed E-state index contributed by atoms with van der Waals surface area (Å²) in [5.41, 5.74) is 1.44. The third-order valence-corrected chi connectivity index (χ3v) is 2.36. The second-order valence-electron chi connectivity index (χ2n) is 2.16. The van der Waals surface area contributed by atoms with Crippen molar-refractivity contribution in [3.63, 3.8) is 0 Å². The van der Waals surface area contributed by atoms with Gasteiger partial charge in [0.05, 0.1) is 5.02 Å². The van der Waals surface area contributed by atoms with Gasteiger partial charge in [0.25, 0.3) is 6.57 Å². The number of nitrogens with zero attached hydrogens (tertiary/aromatic N) is 1. The molecule has 1 aromatic rings. The molecule has 0 aliphatic rings. The van der Waals surface area contributed by atoms with Crippen LogP contribution in [0.3, 0.4) is 0 Å².